The van der Waals surface area contributed by atoms with Gasteiger partial charge in [-0.3, -0.25) is 0 Å². The van der Waals surface area contributed by atoms with Crippen LogP contribution in [0.15, 0.2) is 30.3 Å². The smallest absolute Gasteiger partial charge is 0.161 e. The Morgan fingerprint density at radius 2 is 2.05 bits per heavy atom. The first-order valence-electron chi connectivity index (χ1n) is 6.18. The van der Waals surface area contributed by atoms with E-state index < -0.39 is 0 Å². The summed E-state index contributed by atoms with van der Waals surface area (Å²) in [6.45, 7) is 2.03. The lowest BCUT2D eigenvalue weighted by Crippen LogP contribution is -2.06. The number of aryl methyl sites for hydroxylation is 1. The van der Waals surface area contributed by atoms with Crippen molar-refractivity contribution >= 4 is 16.9 Å². The third-order valence-electron chi connectivity index (χ3n) is 2.90. The maximum atomic E-state index is 4.50. The summed E-state index contributed by atoms with van der Waals surface area (Å²) in [6.07, 6.45) is 0.773. The highest BCUT2D eigenvalue weighted by atomic mass is 15.4. The fourth-order valence-corrected chi connectivity index (χ4v) is 1.92. The number of hydrogen-bond donors (Lipinski definition) is 1. The zero-order valence-corrected chi connectivity index (χ0v) is 10.8. The summed E-state index contributed by atoms with van der Waals surface area (Å²) in [5.41, 5.74) is 1.79. The van der Waals surface area contributed by atoms with Gasteiger partial charge in [-0.05, 0) is 12.1 Å². The van der Waals surface area contributed by atoms with Crippen molar-refractivity contribution in [2.45, 2.75) is 13.3 Å². The average molecular weight is 254 g/mol. The molecule has 2 aromatic heterocycles. The summed E-state index contributed by atoms with van der Waals surface area (Å²) in [5.74, 6) is 2.28. The molecule has 6 nitrogen and oxygen atoms in total. The second-order valence-corrected chi connectivity index (χ2v) is 4.12. The van der Waals surface area contributed by atoms with E-state index in [1.54, 1.807) is 4.68 Å². The molecular weight excluding hydrogens is 240 g/mol. The van der Waals surface area contributed by atoms with Crippen molar-refractivity contribution in [2.75, 3.05) is 12.4 Å². The molecule has 0 bridgehead atoms. The third kappa shape index (κ3) is 2.01. The highest BCUT2D eigenvalue weighted by Crippen LogP contribution is 2.16. The Labute approximate surface area is 110 Å². The van der Waals surface area contributed by atoms with E-state index in [2.05, 4.69) is 25.6 Å². The minimum Gasteiger partial charge on any atom is -0.373 e. The summed E-state index contributed by atoms with van der Waals surface area (Å²) in [4.78, 5) is 8.88. The van der Waals surface area contributed by atoms with Crippen molar-refractivity contribution in [3.8, 4) is 5.82 Å². The molecule has 0 radical (unpaired) electrons. The van der Waals surface area contributed by atoms with E-state index in [0.29, 0.717) is 0 Å². The number of aromatic nitrogens is 5. The van der Waals surface area contributed by atoms with Gasteiger partial charge in [-0.2, -0.15) is 4.68 Å². The van der Waals surface area contributed by atoms with Crippen LogP contribution in [-0.2, 0) is 6.42 Å². The predicted molar refractivity (Wildman–Crippen MR) is 73.4 cm³/mol. The third-order valence-corrected chi connectivity index (χ3v) is 2.90. The molecule has 3 aromatic rings. The van der Waals surface area contributed by atoms with Gasteiger partial charge in [-0.25, -0.2) is 9.97 Å². The lowest BCUT2D eigenvalue weighted by molar-refractivity contribution is 0.783. The van der Waals surface area contributed by atoms with Crippen LogP contribution >= 0.6 is 0 Å². The second-order valence-electron chi connectivity index (χ2n) is 4.12. The van der Waals surface area contributed by atoms with Gasteiger partial charge in [-0.1, -0.05) is 24.3 Å². The minimum absolute atomic E-state index is 0.727. The van der Waals surface area contributed by atoms with E-state index >= 15 is 0 Å². The highest BCUT2D eigenvalue weighted by Gasteiger charge is 2.09. The largest absolute Gasteiger partial charge is 0.373 e. The lowest BCUT2D eigenvalue weighted by Gasteiger charge is -2.06. The van der Waals surface area contributed by atoms with E-state index in [9.17, 15) is 0 Å². The van der Waals surface area contributed by atoms with Gasteiger partial charge in [0.1, 0.15) is 17.2 Å². The molecule has 3 rings (SSSR count). The van der Waals surface area contributed by atoms with Gasteiger partial charge in [0.05, 0.1) is 5.52 Å². The van der Waals surface area contributed by atoms with E-state index in [0.717, 1.165) is 34.9 Å². The van der Waals surface area contributed by atoms with Crippen LogP contribution in [0.5, 0.6) is 0 Å². The van der Waals surface area contributed by atoms with Crippen molar-refractivity contribution in [1.82, 2.24) is 25.0 Å². The standard InChI is InChI=1S/C13H14N6/c1-3-11-15-12(14-2)8-13(16-11)19-10-7-5-4-6-9(10)17-18-19/h4-8H,3H2,1-2H3,(H,14,15,16). The molecule has 0 unspecified atom stereocenters. The normalized spacial score (nSPS) is 10.8. The van der Waals surface area contributed by atoms with Gasteiger partial charge in [0, 0.05) is 19.5 Å². The Kier molecular flexibility index (Phi) is 2.83. The first-order chi connectivity index (χ1) is 9.31. The summed E-state index contributed by atoms with van der Waals surface area (Å²) in [7, 11) is 1.84. The Morgan fingerprint density at radius 1 is 1.21 bits per heavy atom. The first kappa shape index (κ1) is 11.6. The molecule has 6 heteroatoms. The number of anilines is 1. The van der Waals surface area contributed by atoms with E-state index in [1.165, 1.54) is 0 Å². The molecule has 0 atom stereocenters. The molecular formula is C13H14N6. The topological polar surface area (TPSA) is 68.5 Å². The Balaban J connectivity index is 2.20. The van der Waals surface area contributed by atoms with Crippen molar-refractivity contribution in [3.63, 3.8) is 0 Å². The summed E-state index contributed by atoms with van der Waals surface area (Å²) < 4.78 is 1.73. The SMILES string of the molecule is CCc1nc(NC)cc(-n2nnc3ccccc32)n1. The van der Waals surface area contributed by atoms with E-state index in [-0.39, 0.29) is 0 Å². The summed E-state index contributed by atoms with van der Waals surface area (Å²) >= 11 is 0. The van der Waals surface area contributed by atoms with Crippen molar-refractivity contribution < 1.29 is 0 Å². The quantitative estimate of drug-likeness (QED) is 0.772. The molecule has 2 heterocycles. The number of nitrogens with one attached hydrogen (secondary N) is 1. The van der Waals surface area contributed by atoms with Gasteiger partial charge in [0.2, 0.25) is 0 Å². The Hall–Kier alpha value is -2.50. The molecule has 1 aromatic carbocycles. The molecule has 0 amide bonds. The fraction of sp³-hybridized carbons (Fsp3) is 0.231. The van der Waals surface area contributed by atoms with Crippen LogP contribution in [-0.4, -0.2) is 32.0 Å². The van der Waals surface area contributed by atoms with Crippen LogP contribution < -0.4 is 5.32 Å². The zero-order chi connectivity index (χ0) is 13.2. The van der Waals surface area contributed by atoms with Crippen LogP contribution in [0.4, 0.5) is 5.82 Å². The van der Waals surface area contributed by atoms with Crippen LogP contribution in [0.1, 0.15) is 12.7 Å². The molecule has 96 valence electrons. The molecule has 0 saturated carbocycles. The molecule has 0 spiro atoms. The van der Waals surface area contributed by atoms with Gasteiger partial charge < -0.3 is 5.32 Å². The number of rotatable bonds is 3. The van der Waals surface area contributed by atoms with Crippen LogP contribution in [0.3, 0.4) is 0 Å². The second kappa shape index (κ2) is 4.64. The highest BCUT2D eigenvalue weighted by molar-refractivity contribution is 5.75. The van der Waals surface area contributed by atoms with Crippen LogP contribution in [0, 0.1) is 0 Å². The molecule has 1 N–H and O–H groups in total. The zero-order valence-electron chi connectivity index (χ0n) is 10.8. The molecule has 0 saturated heterocycles. The number of para-hydroxylation sites is 1. The van der Waals surface area contributed by atoms with Crippen molar-refractivity contribution in [3.05, 3.63) is 36.2 Å². The van der Waals surface area contributed by atoms with Gasteiger partial charge >= 0.3 is 0 Å². The number of benzene rings is 1. The Morgan fingerprint density at radius 3 is 2.84 bits per heavy atom. The lowest BCUT2D eigenvalue weighted by atomic mass is 10.3. The monoisotopic (exact) mass is 254 g/mol. The van der Waals surface area contributed by atoms with Crippen LogP contribution in [0.2, 0.25) is 0 Å². The number of hydrogen-bond acceptors (Lipinski definition) is 5. The number of fused-ring (bicyclic) bond motifs is 1. The van der Waals surface area contributed by atoms with Gasteiger partial charge in [0.15, 0.2) is 5.82 Å². The van der Waals surface area contributed by atoms with Gasteiger partial charge in [0.25, 0.3) is 0 Å². The maximum absolute atomic E-state index is 4.50. The molecule has 19 heavy (non-hydrogen) atoms. The minimum atomic E-state index is 0.727. The average Bonchev–Trinajstić information content (AvgIpc) is 2.90. The molecule has 0 aliphatic carbocycles. The summed E-state index contributed by atoms with van der Waals surface area (Å²) in [6, 6.07) is 9.67. The molecule has 0 aliphatic rings. The van der Waals surface area contributed by atoms with E-state index in [1.807, 2.05) is 44.3 Å². The Bertz CT molecular complexity index is 696. The number of nitrogens with zero attached hydrogens (tertiary/aromatic N) is 5. The predicted octanol–water partition coefficient (Wildman–Crippen LogP) is 1.81. The van der Waals surface area contributed by atoms with Gasteiger partial charge in [-0.15, -0.1) is 5.10 Å². The first-order valence-corrected chi connectivity index (χ1v) is 6.18. The van der Waals surface area contributed by atoms with Crippen molar-refractivity contribution in [1.29, 1.82) is 0 Å². The van der Waals surface area contributed by atoms with Crippen LogP contribution in [0.25, 0.3) is 16.9 Å². The summed E-state index contributed by atoms with van der Waals surface area (Å²) in [5, 5.41) is 11.3. The molecule has 0 aliphatic heterocycles. The van der Waals surface area contributed by atoms with Crippen molar-refractivity contribution in [2.24, 2.45) is 0 Å². The molecule has 0 fully saturated rings. The fourth-order valence-electron chi connectivity index (χ4n) is 1.92. The van der Waals surface area contributed by atoms with E-state index in [4.69, 9.17) is 0 Å². The maximum Gasteiger partial charge on any atom is 0.161 e.